The zero-order valence-corrected chi connectivity index (χ0v) is 14.8. The van der Waals surface area contributed by atoms with E-state index >= 15 is 0 Å². The van der Waals surface area contributed by atoms with Gasteiger partial charge in [0.05, 0.1) is 6.61 Å². The average molecular weight is 352 g/mol. The zero-order valence-electron chi connectivity index (χ0n) is 14.8. The van der Waals surface area contributed by atoms with Crippen LogP contribution in [0.2, 0.25) is 0 Å². The van der Waals surface area contributed by atoms with Gasteiger partial charge in [-0.15, -0.1) is 0 Å². The summed E-state index contributed by atoms with van der Waals surface area (Å²) >= 11 is 0. The van der Waals surface area contributed by atoms with Crippen molar-refractivity contribution < 1.29 is 14.3 Å². The van der Waals surface area contributed by atoms with Crippen LogP contribution >= 0.6 is 0 Å². The SMILES string of the molecule is O=C(OCc1ccccc1)N1CCN(C2CCOc3ccccc32)CC1. The first-order valence-electron chi connectivity index (χ1n) is 9.22. The topological polar surface area (TPSA) is 42.0 Å². The molecular weight excluding hydrogens is 328 g/mol. The predicted octanol–water partition coefficient (Wildman–Crippen LogP) is 3.46. The van der Waals surface area contributed by atoms with Crippen LogP contribution in [0.4, 0.5) is 4.79 Å². The molecule has 2 heterocycles. The summed E-state index contributed by atoms with van der Waals surface area (Å²) in [5, 5.41) is 0. The van der Waals surface area contributed by atoms with Gasteiger partial charge >= 0.3 is 6.09 Å². The zero-order chi connectivity index (χ0) is 17.8. The highest BCUT2D eigenvalue weighted by molar-refractivity contribution is 5.67. The fraction of sp³-hybridized carbons (Fsp3) is 0.381. The number of piperazine rings is 1. The molecule has 0 aliphatic carbocycles. The predicted molar refractivity (Wildman–Crippen MR) is 99.1 cm³/mol. The van der Waals surface area contributed by atoms with Crippen molar-refractivity contribution in [1.29, 1.82) is 0 Å². The van der Waals surface area contributed by atoms with Crippen LogP contribution < -0.4 is 4.74 Å². The van der Waals surface area contributed by atoms with Gasteiger partial charge in [-0.05, 0) is 11.6 Å². The Morgan fingerprint density at radius 2 is 1.73 bits per heavy atom. The minimum Gasteiger partial charge on any atom is -0.493 e. The van der Waals surface area contributed by atoms with Crippen LogP contribution in [-0.4, -0.2) is 48.7 Å². The monoisotopic (exact) mass is 352 g/mol. The molecule has 2 aromatic carbocycles. The van der Waals surface area contributed by atoms with Crippen molar-refractivity contribution in [3.63, 3.8) is 0 Å². The van der Waals surface area contributed by atoms with Crippen LogP contribution in [0.15, 0.2) is 54.6 Å². The third-order valence-corrected chi connectivity index (χ3v) is 5.15. The molecule has 5 nitrogen and oxygen atoms in total. The lowest BCUT2D eigenvalue weighted by atomic mass is 9.98. The summed E-state index contributed by atoms with van der Waals surface area (Å²) in [6, 6.07) is 18.4. The Balaban J connectivity index is 1.31. The molecule has 1 amide bonds. The number of hydrogen-bond donors (Lipinski definition) is 0. The summed E-state index contributed by atoms with van der Waals surface area (Å²) in [6.45, 7) is 4.20. The molecule has 2 aromatic rings. The Morgan fingerprint density at radius 3 is 2.54 bits per heavy atom. The van der Waals surface area contributed by atoms with E-state index in [-0.39, 0.29) is 6.09 Å². The molecular formula is C21H24N2O3. The van der Waals surface area contributed by atoms with Crippen molar-refractivity contribution in [1.82, 2.24) is 9.80 Å². The second kappa shape index (κ2) is 7.79. The molecule has 1 atom stereocenters. The molecule has 0 bridgehead atoms. The summed E-state index contributed by atoms with van der Waals surface area (Å²) < 4.78 is 11.2. The van der Waals surface area contributed by atoms with Crippen molar-refractivity contribution in [3.05, 3.63) is 65.7 Å². The Hall–Kier alpha value is -2.53. The highest BCUT2D eigenvalue weighted by Crippen LogP contribution is 2.36. The third kappa shape index (κ3) is 3.68. The average Bonchev–Trinajstić information content (AvgIpc) is 2.72. The molecule has 0 N–H and O–H groups in total. The highest BCUT2D eigenvalue weighted by atomic mass is 16.6. The van der Waals surface area contributed by atoms with Gasteiger partial charge in [0.1, 0.15) is 12.4 Å². The molecule has 0 saturated carbocycles. The minimum atomic E-state index is -0.221. The summed E-state index contributed by atoms with van der Waals surface area (Å²) in [5.74, 6) is 0.994. The summed E-state index contributed by atoms with van der Waals surface area (Å²) in [5.41, 5.74) is 2.28. The van der Waals surface area contributed by atoms with Crippen molar-refractivity contribution in [2.75, 3.05) is 32.8 Å². The number of rotatable bonds is 3. The molecule has 1 unspecified atom stereocenters. The van der Waals surface area contributed by atoms with Gasteiger partial charge in [-0.2, -0.15) is 0 Å². The number of amides is 1. The van der Waals surface area contributed by atoms with Gasteiger partial charge in [-0.25, -0.2) is 4.79 Å². The number of nitrogens with zero attached hydrogens (tertiary/aromatic N) is 2. The van der Waals surface area contributed by atoms with Crippen molar-refractivity contribution in [2.24, 2.45) is 0 Å². The smallest absolute Gasteiger partial charge is 0.410 e. The van der Waals surface area contributed by atoms with Crippen LogP contribution in [0.1, 0.15) is 23.6 Å². The Bertz CT molecular complexity index is 742. The second-order valence-corrected chi connectivity index (χ2v) is 6.75. The summed E-state index contributed by atoms with van der Waals surface area (Å²) in [7, 11) is 0. The van der Waals surface area contributed by atoms with Crippen LogP contribution in [0.25, 0.3) is 0 Å². The maximum atomic E-state index is 12.3. The Kier molecular flexibility index (Phi) is 5.07. The number of ether oxygens (including phenoxy) is 2. The second-order valence-electron chi connectivity index (χ2n) is 6.75. The summed E-state index contributed by atoms with van der Waals surface area (Å²) in [6.07, 6.45) is 0.774. The lowest BCUT2D eigenvalue weighted by molar-refractivity contribution is 0.0510. The summed E-state index contributed by atoms with van der Waals surface area (Å²) in [4.78, 5) is 16.6. The molecule has 136 valence electrons. The number of hydrogen-bond acceptors (Lipinski definition) is 4. The number of fused-ring (bicyclic) bond motifs is 1. The lowest BCUT2D eigenvalue weighted by Crippen LogP contribution is -2.50. The molecule has 0 radical (unpaired) electrons. The van der Waals surface area contributed by atoms with Crippen LogP contribution in [0.5, 0.6) is 5.75 Å². The van der Waals surface area contributed by atoms with E-state index in [9.17, 15) is 4.79 Å². The first-order valence-corrected chi connectivity index (χ1v) is 9.22. The maximum Gasteiger partial charge on any atom is 0.410 e. The number of carbonyl (C=O) groups excluding carboxylic acids is 1. The number of carbonyl (C=O) groups is 1. The molecule has 1 saturated heterocycles. The largest absolute Gasteiger partial charge is 0.493 e. The van der Waals surface area contributed by atoms with Gasteiger partial charge in [0, 0.05) is 44.2 Å². The van der Waals surface area contributed by atoms with E-state index < -0.39 is 0 Å². The molecule has 5 heteroatoms. The molecule has 2 aliphatic rings. The molecule has 0 spiro atoms. The maximum absolute atomic E-state index is 12.3. The van der Waals surface area contributed by atoms with E-state index in [1.165, 1.54) is 5.56 Å². The van der Waals surface area contributed by atoms with E-state index in [1.807, 2.05) is 47.4 Å². The fourth-order valence-electron chi connectivity index (χ4n) is 3.73. The Labute approximate surface area is 154 Å². The van der Waals surface area contributed by atoms with Crippen molar-refractivity contribution in [3.8, 4) is 5.75 Å². The van der Waals surface area contributed by atoms with E-state index in [0.717, 1.165) is 37.4 Å². The van der Waals surface area contributed by atoms with Crippen LogP contribution in [0.3, 0.4) is 0 Å². The molecule has 26 heavy (non-hydrogen) atoms. The normalized spacial score (nSPS) is 20.2. The van der Waals surface area contributed by atoms with Crippen LogP contribution in [-0.2, 0) is 11.3 Å². The van der Waals surface area contributed by atoms with Gasteiger partial charge < -0.3 is 14.4 Å². The van der Waals surface area contributed by atoms with Gasteiger partial charge in [-0.1, -0.05) is 48.5 Å². The van der Waals surface area contributed by atoms with Gasteiger partial charge in [0.2, 0.25) is 0 Å². The standard InChI is InChI=1S/C21H24N2O3/c24-21(26-16-17-6-2-1-3-7-17)23-13-11-22(12-14-23)19-10-15-25-20-9-5-4-8-18(19)20/h1-9,19H,10-16H2. The highest BCUT2D eigenvalue weighted by Gasteiger charge is 2.30. The van der Waals surface area contributed by atoms with Crippen LogP contribution in [0, 0.1) is 0 Å². The first kappa shape index (κ1) is 16.9. The lowest BCUT2D eigenvalue weighted by Gasteiger charge is -2.40. The Morgan fingerprint density at radius 1 is 1.00 bits per heavy atom. The number of para-hydroxylation sites is 1. The van der Waals surface area contributed by atoms with E-state index in [0.29, 0.717) is 25.7 Å². The van der Waals surface area contributed by atoms with Crippen molar-refractivity contribution >= 4 is 6.09 Å². The van der Waals surface area contributed by atoms with Gasteiger partial charge in [-0.3, -0.25) is 4.90 Å². The molecule has 1 fully saturated rings. The molecule has 4 rings (SSSR count). The van der Waals surface area contributed by atoms with E-state index in [2.05, 4.69) is 17.0 Å². The minimum absolute atomic E-state index is 0.221. The van der Waals surface area contributed by atoms with Gasteiger partial charge in [0.25, 0.3) is 0 Å². The fourth-order valence-corrected chi connectivity index (χ4v) is 3.73. The quantitative estimate of drug-likeness (QED) is 0.848. The first-order chi connectivity index (χ1) is 12.8. The molecule has 2 aliphatic heterocycles. The molecule has 0 aromatic heterocycles. The number of benzene rings is 2. The van der Waals surface area contributed by atoms with Crippen molar-refractivity contribution in [2.45, 2.75) is 19.1 Å². The van der Waals surface area contributed by atoms with E-state index in [1.54, 1.807) is 0 Å². The third-order valence-electron chi connectivity index (χ3n) is 5.15. The van der Waals surface area contributed by atoms with E-state index in [4.69, 9.17) is 9.47 Å². The van der Waals surface area contributed by atoms with Gasteiger partial charge in [0.15, 0.2) is 0 Å².